The van der Waals surface area contributed by atoms with Gasteiger partial charge in [-0.05, 0) is 38.5 Å². The summed E-state index contributed by atoms with van der Waals surface area (Å²) in [6.07, 6.45) is 0. The van der Waals surface area contributed by atoms with Gasteiger partial charge in [0, 0.05) is 11.3 Å². The molecular weight excluding hydrogens is 156 g/mol. The van der Waals surface area contributed by atoms with Gasteiger partial charge in [0.05, 0.1) is 0 Å². The minimum Gasteiger partial charge on any atom is -0.0857 e. The van der Waals surface area contributed by atoms with Crippen LogP contribution in [0.4, 0.5) is 0 Å². The Bertz CT molecular complexity index is 254. The summed E-state index contributed by atoms with van der Waals surface area (Å²) in [7, 11) is 0. The Morgan fingerprint density at radius 3 is 1.85 bits per heavy atom. The molecule has 1 atom stereocenters. The molecule has 0 N–H and O–H groups in total. The molecule has 0 nitrogen and oxygen atoms in total. The Balaban J connectivity index is 4.19. The van der Waals surface area contributed by atoms with Gasteiger partial charge in [0.25, 0.3) is 0 Å². The van der Waals surface area contributed by atoms with Crippen molar-refractivity contribution in [3.8, 4) is 23.7 Å². The van der Waals surface area contributed by atoms with Crippen LogP contribution >= 0.6 is 0 Å². The molecule has 0 aromatic rings. The van der Waals surface area contributed by atoms with Crippen molar-refractivity contribution in [2.24, 2.45) is 17.3 Å². The van der Waals surface area contributed by atoms with E-state index in [0.29, 0.717) is 11.8 Å². The molecule has 0 aliphatic heterocycles. The molecule has 0 aliphatic carbocycles. The first-order valence-electron chi connectivity index (χ1n) is 4.85. The van der Waals surface area contributed by atoms with Gasteiger partial charge in [0.2, 0.25) is 0 Å². The summed E-state index contributed by atoms with van der Waals surface area (Å²) in [5.74, 6) is 13.1. The summed E-state index contributed by atoms with van der Waals surface area (Å²) < 4.78 is 0. The quantitative estimate of drug-likeness (QED) is 0.538. The van der Waals surface area contributed by atoms with E-state index in [4.69, 9.17) is 0 Å². The first kappa shape index (κ1) is 12.1. The van der Waals surface area contributed by atoms with Crippen molar-refractivity contribution in [1.82, 2.24) is 0 Å². The molecule has 0 heteroatoms. The van der Waals surface area contributed by atoms with Crippen LogP contribution in [0.2, 0.25) is 0 Å². The van der Waals surface area contributed by atoms with Gasteiger partial charge in [-0.3, -0.25) is 0 Å². The Kier molecular flexibility index (Phi) is 4.64. The lowest BCUT2D eigenvalue weighted by Crippen LogP contribution is -2.00. The summed E-state index contributed by atoms with van der Waals surface area (Å²) in [5, 5.41) is 0. The van der Waals surface area contributed by atoms with Gasteiger partial charge < -0.3 is 0 Å². The van der Waals surface area contributed by atoms with E-state index in [1.165, 1.54) is 0 Å². The van der Waals surface area contributed by atoms with Crippen LogP contribution in [0.1, 0.15) is 41.5 Å². The van der Waals surface area contributed by atoms with Crippen LogP contribution in [0.3, 0.4) is 0 Å². The van der Waals surface area contributed by atoms with E-state index in [9.17, 15) is 0 Å². The fourth-order valence-electron chi connectivity index (χ4n) is 0.535. The Morgan fingerprint density at radius 2 is 1.46 bits per heavy atom. The van der Waals surface area contributed by atoms with E-state index in [1.54, 1.807) is 0 Å². The van der Waals surface area contributed by atoms with Crippen molar-refractivity contribution >= 4 is 0 Å². The third kappa shape index (κ3) is 7.48. The summed E-state index contributed by atoms with van der Waals surface area (Å²) >= 11 is 0. The van der Waals surface area contributed by atoms with Crippen LogP contribution in [-0.4, -0.2) is 0 Å². The first-order chi connectivity index (χ1) is 5.83. The maximum absolute atomic E-state index is 3.13. The molecule has 0 bridgehead atoms. The van der Waals surface area contributed by atoms with Crippen molar-refractivity contribution in [2.45, 2.75) is 41.5 Å². The summed E-state index contributed by atoms with van der Waals surface area (Å²) in [4.78, 5) is 0. The van der Waals surface area contributed by atoms with Crippen molar-refractivity contribution in [3.63, 3.8) is 0 Å². The van der Waals surface area contributed by atoms with Crippen molar-refractivity contribution < 1.29 is 0 Å². The molecule has 72 valence electrons. The average molecular weight is 176 g/mol. The van der Waals surface area contributed by atoms with Gasteiger partial charge in [0.15, 0.2) is 0 Å². The van der Waals surface area contributed by atoms with Crippen molar-refractivity contribution in [2.75, 3.05) is 0 Å². The number of hydrogen-bond donors (Lipinski definition) is 0. The van der Waals surface area contributed by atoms with E-state index in [1.807, 2.05) is 0 Å². The van der Waals surface area contributed by atoms with E-state index in [2.05, 4.69) is 65.2 Å². The van der Waals surface area contributed by atoms with Gasteiger partial charge >= 0.3 is 0 Å². The molecule has 0 aliphatic rings. The normalized spacial score (nSPS) is 12.5. The molecule has 1 unspecified atom stereocenters. The third-order valence-electron chi connectivity index (χ3n) is 1.80. The highest BCUT2D eigenvalue weighted by atomic mass is 14.1. The molecule has 0 fully saturated rings. The molecule has 0 amide bonds. The molecule has 0 heterocycles. The van der Waals surface area contributed by atoms with Crippen LogP contribution in [0, 0.1) is 40.9 Å². The second kappa shape index (κ2) is 4.98. The fourth-order valence-corrected chi connectivity index (χ4v) is 0.535. The maximum Gasteiger partial charge on any atom is 0.0240 e. The summed E-state index contributed by atoms with van der Waals surface area (Å²) in [5.41, 5.74) is 0.0652. The van der Waals surface area contributed by atoms with Gasteiger partial charge in [-0.1, -0.05) is 32.6 Å². The molecule has 0 saturated heterocycles. The zero-order chi connectivity index (χ0) is 10.5. The highest BCUT2D eigenvalue weighted by Crippen LogP contribution is 2.09. The molecule has 13 heavy (non-hydrogen) atoms. The zero-order valence-electron chi connectivity index (χ0n) is 9.65. The average Bonchev–Trinajstić information content (AvgIpc) is 1.95. The lowest BCUT2D eigenvalue weighted by Gasteiger charge is -2.06. The maximum atomic E-state index is 3.13. The third-order valence-corrected chi connectivity index (χ3v) is 1.80. The van der Waals surface area contributed by atoms with Gasteiger partial charge in [-0.2, -0.15) is 0 Å². The second-order valence-electron chi connectivity index (χ2n) is 4.80. The first-order valence-corrected chi connectivity index (χ1v) is 4.85. The molecule has 0 spiro atoms. The largest absolute Gasteiger partial charge is 0.0857 e. The van der Waals surface area contributed by atoms with Crippen molar-refractivity contribution in [3.05, 3.63) is 0 Å². The van der Waals surface area contributed by atoms with E-state index in [-0.39, 0.29) is 5.41 Å². The molecule has 0 aromatic carbocycles. The SMILES string of the molecule is CC(C)C(C)C#CC#CC(C)(C)C. The number of rotatable bonds is 1. The lowest BCUT2D eigenvalue weighted by molar-refractivity contribution is 0.520. The molecule has 0 saturated carbocycles. The minimum absolute atomic E-state index is 0.0652. The molecule has 0 rings (SSSR count). The summed E-state index contributed by atoms with van der Waals surface area (Å²) in [6.45, 7) is 12.8. The predicted molar refractivity (Wildman–Crippen MR) is 59.0 cm³/mol. The Labute approximate surface area is 83.1 Å². The number of hydrogen-bond acceptors (Lipinski definition) is 0. The highest BCUT2D eigenvalue weighted by Gasteiger charge is 2.03. The van der Waals surface area contributed by atoms with Crippen LogP contribution in [0.5, 0.6) is 0 Å². The Hall–Kier alpha value is -0.880. The van der Waals surface area contributed by atoms with Crippen LogP contribution in [-0.2, 0) is 0 Å². The van der Waals surface area contributed by atoms with Crippen LogP contribution < -0.4 is 0 Å². The smallest absolute Gasteiger partial charge is 0.0240 e. The molecular formula is C13H20. The van der Waals surface area contributed by atoms with Crippen LogP contribution in [0.25, 0.3) is 0 Å². The van der Waals surface area contributed by atoms with E-state index in [0.717, 1.165) is 0 Å². The Morgan fingerprint density at radius 1 is 0.923 bits per heavy atom. The zero-order valence-corrected chi connectivity index (χ0v) is 9.65. The van der Waals surface area contributed by atoms with Crippen molar-refractivity contribution in [1.29, 1.82) is 0 Å². The topological polar surface area (TPSA) is 0 Å². The fraction of sp³-hybridized carbons (Fsp3) is 0.692. The molecule has 0 radical (unpaired) electrons. The van der Waals surface area contributed by atoms with Gasteiger partial charge in [-0.25, -0.2) is 0 Å². The van der Waals surface area contributed by atoms with Gasteiger partial charge in [-0.15, -0.1) is 0 Å². The molecule has 0 aromatic heterocycles. The van der Waals surface area contributed by atoms with Crippen LogP contribution in [0.15, 0.2) is 0 Å². The minimum atomic E-state index is 0.0652. The monoisotopic (exact) mass is 176 g/mol. The highest BCUT2D eigenvalue weighted by molar-refractivity contribution is 5.28. The lowest BCUT2D eigenvalue weighted by atomic mass is 9.97. The van der Waals surface area contributed by atoms with E-state index < -0.39 is 0 Å². The second-order valence-corrected chi connectivity index (χ2v) is 4.80. The van der Waals surface area contributed by atoms with E-state index >= 15 is 0 Å². The summed E-state index contributed by atoms with van der Waals surface area (Å²) in [6, 6.07) is 0. The standard InChI is InChI=1S/C13H20/c1-11(2)12(3)9-7-8-10-13(4,5)6/h11-12H,1-6H3. The van der Waals surface area contributed by atoms with Gasteiger partial charge in [0.1, 0.15) is 0 Å². The predicted octanol–water partition coefficient (Wildman–Crippen LogP) is 3.33.